The summed E-state index contributed by atoms with van der Waals surface area (Å²) in [6.45, 7) is 7.35. The highest BCUT2D eigenvalue weighted by atomic mass is 32.2. The van der Waals surface area contributed by atoms with E-state index in [1.165, 1.54) is 5.01 Å². The van der Waals surface area contributed by atoms with Crippen LogP contribution in [0.1, 0.15) is 63.6 Å². The molecule has 116 valence electrons. The molecular weight excluding hydrogens is 290 g/mol. The third-order valence-electron chi connectivity index (χ3n) is 3.40. The lowest BCUT2D eigenvalue weighted by Gasteiger charge is -2.18. The first-order chi connectivity index (χ1) is 9.22. The molecule has 1 aromatic rings. The topological polar surface area (TPSA) is 47.0 Å². The maximum atomic E-state index is 11.9. The highest BCUT2D eigenvalue weighted by Gasteiger charge is 2.27. The zero-order valence-electron chi connectivity index (χ0n) is 13.1. The van der Waals surface area contributed by atoms with Gasteiger partial charge >= 0.3 is 0 Å². The van der Waals surface area contributed by atoms with E-state index >= 15 is 0 Å². The van der Waals surface area contributed by atoms with Crippen molar-refractivity contribution >= 4 is 21.2 Å². The Hall–Kier alpha value is -0.420. The van der Waals surface area contributed by atoms with Crippen LogP contribution in [0.2, 0.25) is 0 Å². The van der Waals surface area contributed by atoms with Crippen molar-refractivity contribution in [3.05, 3.63) is 16.1 Å². The summed E-state index contributed by atoms with van der Waals surface area (Å²) in [5.41, 5.74) is 1.11. The maximum Gasteiger partial charge on any atom is 0.155 e. The van der Waals surface area contributed by atoms with Crippen LogP contribution in [-0.2, 0) is 16.3 Å². The quantitative estimate of drug-likeness (QED) is 0.676. The van der Waals surface area contributed by atoms with E-state index in [0.717, 1.165) is 44.2 Å². The largest absolute Gasteiger partial charge is 0.247 e. The lowest BCUT2D eigenvalue weighted by atomic mass is 10.1. The molecule has 0 atom stereocenters. The van der Waals surface area contributed by atoms with Crippen LogP contribution in [0.25, 0.3) is 0 Å². The molecule has 0 radical (unpaired) electrons. The van der Waals surface area contributed by atoms with Crippen LogP contribution in [0.4, 0.5) is 0 Å². The van der Waals surface area contributed by atoms with Gasteiger partial charge in [0, 0.05) is 11.1 Å². The summed E-state index contributed by atoms with van der Waals surface area (Å²) in [5.74, 6) is 0.322. The Bertz CT molecular complexity index is 498. The van der Waals surface area contributed by atoms with Gasteiger partial charge in [-0.25, -0.2) is 13.4 Å². The second-order valence-corrected chi connectivity index (χ2v) is 10.1. The Balaban J connectivity index is 2.08. The molecule has 5 heteroatoms. The van der Waals surface area contributed by atoms with Crippen molar-refractivity contribution in [2.45, 2.75) is 71.0 Å². The summed E-state index contributed by atoms with van der Waals surface area (Å²) in [7, 11) is -2.94. The van der Waals surface area contributed by atoms with Gasteiger partial charge in [-0.05, 0) is 47.0 Å². The zero-order valence-corrected chi connectivity index (χ0v) is 14.7. The average Bonchev–Trinajstić information content (AvgIpc) is 2.72. The molecule has 0 amide bonds. The minimum atomic E-state index is -2.94. The van der Waals surface area contributed by atoms with E-state index in [9.17, 15) is 8.42 Å². The maximum absolute atomic E-state index is 11.9. The Kier molecular flexibility index (Phi) is 6.65. The molecule has 0 bridgehead atoms. The Morgan fingerprint density at radius 3 is 2.25 bits per heavy atom. The van der Waals surface area contributed by atoms with Gasteiger partial charge in [0.2, 0.25) is 0 Å². The molecule has 3 nitrogen and oxygen atoms in total. The van der Waals surface area contributed by atoms with E-state index in [2.05, 4.69) is 10.4 Å². The molecule has 0 aliphatic heterocycles. The summed E-state index contributed by atoms with van der Waals surface area (Å²) in [6, 6.07) is 0. The Labute approximate surface area is 127 Å². The number of rotatable bonds is 8. The van der Waals surface area contributed by atoms with Crippen molar-refractivity contribution < 1.29 is 8.42 Å². The van der Waals surface area contributed by atoms with Gasteiger partial charge in [-0.2, -0.15) is 0 Å². The second kappa shape index (κ2) is 7.55. The molecule has 0 saturated heterocycles. The summed E-state index contributed by atoms with van der Waals surface area (Å²) >= 11 is 1.73. The van der Waals surface area contributed by atoms with E-state index in [-0.39, 0.29) is 0 Å². The molecule has 0 unspecified atom stereocenters. The first-order valence-electron chi connectivity index (χ1n) is 7.36. The molecule has 0 aromatic carbocycles. The van der Waals surface area contributed by atoms with Gasteiger partial charge in [0.15, 0.2) is 9.84 Å². The number of hydrogen-bond acceptors (Lipinski definition) is 4. The number of aryl methyl sites for hydroxylation is 2. The van der Waals surface area contributed by atoms with Gasteiger partial charge in [-0.15, -0.1) is 11.3 Å². The van der Waals surface area contributed by atoms with Gasteiger partial charge in [0.05, 0.1) is 15.5 Å². The minimum Gasteiger partial charge on any atom is -0.247 e. The van der Waals surface area contributed by atoms with Crippen LogP contribution in [0.15, 0.2) is 5.38 Å². The third kappa shape index (κ3) is 5.92. The first kappa shape index (κ1) is 17.6. The molecule has 0 fully saturated rings. The van der Waals surface area contributed by atoms with Crippen LogP contribution < -0.4 is 0 Å². The molecule has 0 aliphatic carbocycles. The number of aromatic nitrogens is 1. The number of unbranched alkanes of at least 4 members (excludes halogenated alkanes) is 4. The van der Waals surface area contributed by atoms with E-state index in [0.29, 0.717) is 5.75 Å². The van der Waals surface area contributed by atoms with Gasteiger partial charge in [-0.1, -0.05) is 19.3 Å². The molecule has 20 heavy (non-hydrogen) atoms. The molecule has 0 aliphatic rings. The van der Waals surface area contributed by atoms with E-state index in [4.69, 9.17) is 0 Å². The average molecular weight is 318 g/mol. The SMILES string of the molecule is Cc1csc(CCCCCCCS(=O)(=O)C(C)(C)C)n1. The van der Waals surface area contributed by atoms with Crippen LogP contribution in [-0.4, -0.2) is 23.9 Å². The normalized spacial score (nSPS) is 12.8. The summed E-state index contributed by atoms with van der Waals surface area (Å²) in [4.78, 5) is 4.44. The molecule has 0 N–H and O–H groups in total. The minimum absolute atomic E-state index is 0.322. The fourth-order valence-corrected chi connectivity index (χ4v) is 3.94. The van der Waals surface area contributed by atoms with Gasteiger partial charge in [0.1, 0.15) is 0 Å². The van der Waals surface area contributed by atoms with Crippen molar-refractivity contribution in [2.24, 2.45) is 0 Å². The number of sulfone groups is 1. The van der Waals surface area contributed by atoms with Crippen molar-refractivity contribution in [1.29, 1.82) is 0 Å². The predicted octanol–water partition coefficient (Wildman–Crippen LogP) is 4.16. The fourth-order valence-electron chi connectivity index (χ4n) is 1.92. The number of hydrogen-bond donors (Lipinski definition) is 0. The lowest BCUT2D eigenvalue weighted by Crippen LogP contribution is -2.30. The van der Waals surface area contributed by atoms with Gasteiger partial charge in [-0.3, -0.25) is 0 Å². The second-order valence-electron chi connectivity index (χ2n) is 6.33. The van der Waals surface area contributed by atoms with Gasteiger partial charge in [0.25, 0.3) is 0 Å². The van der Waals surface area contributed by atoms with Crippen LogP contribution in [0.3, 0.4) is 0 Å². The molecule has 0 spiro atoms. The predicted molar refractivity (Wildman–Crippen MR) is 87.2 cm³/mol. The van der Waals surface area contributed by atoms with Crippen LogP contribution in [0.5, 0.6) is 0 Å². The van der Waals surface area contributed by atoms with E-state index < -0.39 is 14.6 Å². The van der Waals surface area contributed by atoms with Gasteiger partial charge < -0.3 is 0 Å². The monoisotopic (exact) mass is 317 g/mol. The third-order valence-corrected chi connectivity index (χ3v) is 7.12. The molecule has 1 heterocycles. The highest BCUT2D eigenvalue weighted by molar-refractivity contribution is 7.92. The Morgan fingerprint density at radius 1 is 1.10 bits per heavy atom. The highest BCUT2D eigenvalue weighted by Crippen LogP contribution is 2.18. The Morgan fingerprint density at radius 2 is 1.70 bits per heavy atom. The summed E-state index contributed by atoms with van der Waals surface area (Å²) < 4.78 is 23.2. The van der Waals surface area contributed by atoms with E-state index in [1.54, 1.807) is 32.1 Å². The van der Waals surface area contributed by atoms with Crippen molar-refractivity contribution in [2.75, 3.05) is 5.75 Å². The first-order valence-corrected chi connectivity index (χ1v) is 9.89. The molecule has 1 rings (SSSR count). The van der Waals surface area contributed by atoms with Crippen molar-refractivity contribution in [3.8, 4) is 0 Å². The van der Waals surface area contributed by atoms with E-state index in [1.807, 2.05) is 6.92 Å². The number of thiazole rings is 1. The molecular formula is C15H27NO2S2. The van der Waals surface area contributed by atoms with Crippen LogP contribution in [0, 0.1) is 6.92 Å². The molecule has 1 aromatic heterocycles. The lowest BCUT2D eigenvalue weighted by molar-refractivity contribution is 0.552. The smallest absolute Gasteiger partial charge is 0.155 e. The fraction of sp³-hybridized carbons (Fsp3) is 0.800. The zero-order chi connectivity index (χ0) is 15.2. The summed E-state index contributed by atoms with van der Waals surface area (Å²) in [5, 5.41) is 3.31. The summed E-state index contributed by atoms with van der Waals surface area (Å²) in [6.07, 6.45) is 6.28. The van der Waals surface area contributed by atoms with Crippen LogP contribution >= 0.6 is 11.3 Å². The molecule has 0 saturated carbocycles. The van der Waals surface area contributed by atoms with Crippen molar-refractivity contribution in [1.82, 2.24) is 4.98 Å². The number of nitrogens with zero attached hydrogens (tertiary/aromatic N) is 1. The standard InChI is InChI=1S/C15H27NO2S2/c1-13-12-19-14(16-13)10-8-6-5-7-9-11-20(17,18)15(2,3)4/h12H,5-11H2,1-4H3. The van der Waals surface area contributed by atoms with Crippen molar-refractivity contribution in [3.63, 3.8) is 0 Å².